The third-order valence-corrected chi connectivity index (χ3v) is 3.21. The molecule has 1 saturated heterocycles. The van der Waals surface area contributed by atoms with E-state index in [4.69, 9.17) is 0 Å². The number of carbonyl (C=O) groups excluding carboxylic acids is 3. The van der Waals surface area contributed by atoms with Crippen LogP contribution in [-0.2, 0) is 9.59 Å². The van der Waals surface area contributed by atoms with Gasteiger partial charge in [-0.1, -0.05) is 0 Å². The average Bonchev–Trinajstić information content (AvgIpc) is 2.42. The molecule has 0 unspecified atom stereocenters. The molecule has 2 rings (SSSR count). The molecule has 0 aromatic heterocycles. The summed E-state index contributed by atoms with van der Waals surface area (Å²) >= 11 is 0. The van der Waals surface area contributed by atoms with Gasteiger partial charge in [-0.25, -0.2) is 0 Å². The van der Waals surface area contributed by atoms with Gasteiger partial charge in [-0.15, -0.1) is 0 Å². The van der Waals surface area contributed by atoms with Crippen molar-refractivity contribution in [2.24, 2.45) is 0 Å². The maximum Gasteiger partial charge on any atom is 0.278 e. The van der Waals surface area contributed by atoms with Crippen LogP contribution >= 0.6 is 0 Å². The van der Waals surface area contributed by atoms with Crippen molar-refractivity contribution in [3.8, 4) is 0 Å². The van der Waals surface area contributed by atoms with Crippen molar-refractivity contribution in [3.05, 3.63) is 29.8 Å². The van der Waals surface area contributed by atoms with E-state index in [1.807, 2.05) is 5.32 Å². The Labute approximate surface area is 116 Å². The Bertz CT molecular complexity index is 525. The summed E-state index contributed by atoms with van der Waals surface area (Å²) in [5.41, 5.74) is 1.22. The van der Waals surface area contributed by atoms with Gasteiger partial charge in [-0.05, 0) is 31.2 Å². The molecule has 6 heteroatoms. The monoisotopic (exact) mass is 276 g/mol. The van der Waals surface area contributed by atoms with Gasteiger partial charge in [0.2, 0.25) is 5.91 Å². The van der Waals surface area contributed by atoms with E-state index in [1.54, 1.807) is 24.3 Å². The van der Waals surface area contributed by atoms with Crippen molar-refractivity contribution < 1.29 is 19.7 Å². The molecule has 1 aromatic rings. The number of piperazine rings is 1. The summed E-state index contributed by atoms with van der Waals surface area (Å²) in [6.45, 7) is 2.92. The molecule has 2 amide bonds. The van der Waals surface area contributed by atoms with E-state index in [9.17, 15) is 14.4 Å². The first-order valence-electron chi connectivity index (χ1n) is 6.58. The lowest BCUT2D eigenvalue weighted by Gasteiger charge is -2.19. The van der Waals surface area contributed by atoms with Crippen LogP contribution in [0.2, 0.25) is 0 Å². The quantitative estimate of drug-likeness (QED) is 0.634. The predicted molar refractivity (Wildman–Crippen MR) is 73.3 cm³/mol. The lowest BCUT2D eigenvalue weighted by atomic mass is 10.1. The molecule has 1 atom stereocenters. The molecule has 6 nitrogen and oxygen atoms in total. The molecular weight excluding hydrogens is 258 g/mol. The average molecular weight is 276 g/mol. The second-order valence-electron chi connectivity index (χ2n) is 4.81. The van der Waals surface area contributed by atoms with Crippen molar-refractivity contribution >= 4 is 23.3 Å². The number of carbonyl (C=O) groups is 3. The Morgan fingerprint density at radius 2 is 2.05 bits per heavy atom. The second kappa shape index (κ2) is 6.29. The molecule has 1 heterocycles. The fourth-order valence-electron chi connectivity index (χ4n) is 2.09. The third kappa shape index (κ3) is 3.64. The topological polar surface area (TPSA) is 91.9 Å². The number of anilines is 1. The summed E-state index contributed by atoms with van der Waals surface area (Å²) in [5.74, 6) is -0.325. The van der Waals surface area contributed by atoms with E-state index in [1.165, 1.54) is 6.92 Å². The number of hydrogen-bond donors (Lipinski definition) is 3. The first-order valence-corrected chi connectivity index (χ1v) is 6.58. The standard InChI is InChI=1S/C14H17N3O3/c1-9(18)10-2-4-11(5-3-10)17-13(19)8-12-14(20)16-7-6-15-12/h2-5,12,15H,6-8H2,1H3,(H,16,20)(H,17,19)/p+1/t12-/m1/s1. The fourth-order valence-corrected chi connectivity index (χ4v) is 2.09. The summed E-state index contributed by atoms with van der Waals surface area (Å²) in [7, 11) is 0. The van der Waals surface area contributed by atoms with Crippen LogP contribution < -0.4 is 16.0 Å². The summed E-state index contributed by atoms with van der Waals surface area (Å²) in [5, 5.41) is 7.33. The normalized spacial score (nSPS) is 18.2. The molecule has 1 aromatic carbocycles. The number of amides is 2. The van der Waals surface area contributed by atoms with E-state index in [0.29, 0.717) is 17.8 Å². The predicted octanol–water partition coefficient (Wildman–Crippen LogP) is -0.720. The van der Waals surface area contributed by atoms with Gasteiger partial charge < -0.3 is 16.0 Å². The number of Topliss-reactive ketones (excluding diaryl/α,β-unsaturated/α-hetero) is 1. The zero-order valence-electron chi connectivity index (χ0n) is 11.3. The third-order valence-electron chi connectivity index (χ3n) is 3.21. The van der Waals surface area contributed by atoms with E-state index in [0.717, 1.165) is 6.54 Å². The van der Waals surface area contributed by atoms with Gasteiger partial charge in [0.25, 0.3) is 5.91 Å². The summed E-state index contributed by atoms with van der Waals surface area (Å²) in [6, 6.07) is 6.33. The lowest BCUT2D eigenvalue weighted by Crippen LogP contribution is -2.96. The minimum Gasteiger partial charge on any atom is -0.345 e. The van der Waals surface area contributed by atoms with Crippen LogP contribution in [0.5, 0.6) is 0 Å². The Balaban J connectivity index is 1.90. The zero-order chi connectivity index (χ0) is 14.5. The molecular formula is C14H18N3O3+. The van der Waals surface area contributed by atoms with Crippen molar-refractivity contribution in [1.82, 2.24) is 5.32 Å². The number of rotatable bonds is 4. The zero-order valence-corrected chi connectivity index (χ0v) is 11.3. The van der Waals surface area contributed by atoms with Crippen LogP contribution in [0.1, 0.15) is 23.7 Å². The molecule has 4 N–H and O–H groups in total. The molecule has 0 saturated carbocycles. The second-order valence-corrected chi connectivity index (χ2v) is 4.81. The number of nitrogens with two attached hydrogens (primary N) is 1. The minimum atomic E-state index is -0.361. The summed E-state index contributed by atoms with van der Waals surface area (Å²) in [6.07, 6.45) is 0.139. The van der Waals surface area contributed by atoms with Gasteiger partial charge in [0.1, 0.15) is 0 Å². The van der Waals surface area contributed by atoms with E-state index < -0.39 is 0 Å². The van der Waals surface area contributed by atoms with E-state index >= 15 is 0 Å². The van der Waals surface area contributed by atoms with Gasteiger partial charge in [-0.3, -0.25) is 14.4 Å². The fraction of sp³-hybridized carbons (Fsp3) is 0.357. The van der Waals surface area contributed by atoms with Gasteiger partial charge >= 0.3 is 0 Å². The van der Waals surface area contributed by atoms with Gasteiger partial charge in [-0.2, -0.15) is 0 Å². The Morgan fingerprint density at radius 3 is 2.65 bits per heavy atom. The summed E-state index contributed by atoms with van der Waals surface area (Å²) < 4.78 is 0. The van der Waals surface area contributed by atoms with E-state index in [2.05, 4.69) is 10.6 Å². The molecule has 1 aliphatic heterocycles. The van der Waals surface area contributed by atoms with Crippen LogP contribution in [0.15, 0.2) is 24.3 Å². The molecule has 0 radical (unpaired) electrons. The van der Waals surface area contributed by atoms with Gasteiger partial charge in [0.05, 0.1) is 19.5 Å². The molecule has 1 fully saturated rings. The highest BCUT2D eigenvalue weighted by atomic mass is 16.2. The van der Waals surface area contributed by atoms with E-state index in [-0.39, 0.29) is 30.1 Å². The molecule has 0 bridgehead atoms. The largest absolute Gasteiger partial charge is 0.345 e. The number of ketones is 1. The number of nitrogens with one attached hydrogen (secondary N) is 2. The van der Waals surface area contributed by atoms with Crippen LogP contribution in [0.4, 0.5) is 5.69 Å². The number of hydrogen-bond acceptors (Lipinski definition) is 3. The molecule has 106 valence electrons. The molecule has 0 spiro atoms. The highest BCUT2D eigenvalue weighted by molar-refractivity contribution is 5.97. The lowest BCUT2D eigenvalue weighted by molar-refractivity contribution is -0.678. The van der Waals surface area contributed by atoms with Crippen molar-refractivity contribution in [1.29, 1.82) is 0 Å². The number of quaternary nitrogens is 1. The maximum absolute atomic E-state index is 11.9. The molecule has 1 aliphatic rings. The van der Waals surface area contributed by atoms with Crippen molar-refractivity contribution in [2.75, 3.05) is 18.4 Å². The van der Waals surface area contributed by atoms with Crippen LogP contribution in [0.25, 0.3) is 0 Å². The smallest absolute Gasteiger partial charge is 0.278 e. The highest BCUT2D eigenvalue weighted by Crippen LogP contribution is 2.10. The summed E-state index contributed by atoms with van der Waals surface area (Å²) in [4.78, 5) is 34.6. The number of benzene rings is 1. The van der Waals surface area contributed by atoms with Crippen molar-refractivity contribution in [2.45, 2.75) is 19.4 Å². The Kier molecular flexibility index (Phi) is 4.47. The van der Waals surface area contributed by atoms with Crippen LogP contribution in [-0.4, -0.2) is 36.7 Å². The SMILES string of the molecule is CC(=O)c1ccc(NC(=O)C[C@H]2[NH2+]CCNC2=O)cc1. The first-order chi connectivity index (χ1) is 9.56. The van der Waals surface area contributed by atoms with Crippen LogP contribution in [0, 0.1) is 0 Å². The highest BCUT2D eigenvalue weighted by Gasteiger charge is 2.27. The van der Waals surface area contributed by atoms with Gasteiger partial charge in [0.15, 0.2) is 11.8 Å². The van der Waals surface area contributed by atoms with Crippen molar-refractivity contribution in [3.63, 3.8) is 0 Å². The Hall–Kier alpha value is -2.21. The maximum atomic E-state index is 11.9. The van der Waals surface area contributed by atoms with Crippen LogP contribution in [0.3, 0.4) is 0 Å². The Morgan fingerprint density at radius 1 is 1.35 bits per heavy atom. The first kappa shape index (κ1) is 14.2. The molecule has 20 heavy (non-hydrogen) atoms. The minimum absolute atomic E-state index is 0.0173. The molecule has 0 aliphatic carbocycles. The van der Waals surface area contributed by atoms with Gasteiger partial charge in [0, 0.05) is 11.3 Å².